The van der Waals surface area contributed by atoms with Crippen molar-refractivity contribution in [2.24, 2.45) is 0 Å². The highest BCUT2D eigenvalue weighted by Crippen LogP contribution is 2.25. The van der Waals surface area contributed by atoms with E-state index in [0.29, 0.717) is 17.3 Å². The minimum Gasteiger partial charge on any atom is -0.465 e. The first-order valence-corrected chi connectivity index (χ1v) is 7.10. The number of esters is 1. The molecule has 100 valence electrons. The van der Waals surface area contributed by atoms with Crippen molar-refractivity contribution in [3.63, 3.8) is 0 Å². The number of carbonyl (C=O) groups is 1. The average Bonchev–Trinajstić information content (AvgIpc) is 2.37. The molecule has 0 saturated carbocycles. The monoisotopic (exact) mass is 268 g/mol. The predicted molar refractivity (Wildman–Crippen MR) is 78.4 cm³/mol. The van der Waals surface area contributed by atoms with Gasteiger partial charge in [0, 0.05) is 18.8 Å². The van der Waals surface area contributed by atoms with Gasteiger partial charge in [0.05, 0.1) is 24.0 Å². The molecule has 0 saturated heterocycles. The maximum Gasteiger partial charge on any atom is 0.337 e. The Balaban J connectivity index is 2.94. The summed E-state index contributed by atoms with van der Waals surface area (Å²) in [5.74, 6) is 0.655. The number of thioether (sulfide) groups is 1. The van der Waals surface area contributed by atoms with Crippen LogP contribution in [0.25, 0.3) is 0 Å². The van der Waals surface area contributed by atoms with E-state index in [1.165, 1.54) is 7.11 Å². The molecule has 0 aliphatic carbocycles. The van der Waals surface area contributed by atoms with Gasteiger partial charge in [0.2, 0.25) is 0 Å². The van der Waals surface area contributed by atoms with E-state index in [0.717, 1.165) is 11.4 Å². The van der Waals surface area contributed by atoms with Gasteiger partial charge in [-0.3, -0.25) is 0 Å². The van der Waals surface area contributed by atoms with Crippen LogP contribution in [-0.4, -0.2) is 38.2 Å². The number of anilines is 2. The second kappa shape index (κ2) is 6.54. The van der Waals surface area contributed by atoms with Gasteiger partial charge in [-0.05, 0) is 31.4 Å². The van der Waals surface area contributed by atoms with E-state index in [-0.39, 0.29) is 5.97 Å². The first-order valence-electron chi connectivity index (χ1n) is 5.70. The number of nitrogens with zero attached hydrogens (tertiary/aromatic N) is 1. The number of benzene rings is 1. The van der Waals surface area contributed by atoms with Crippen LogP contribution < -0.4 is 10.6 Å². The predicted octanol–water partition coefficient (Wildman–Crippen LogP) is 2.24. The van der Waals surface area contributed by atoms with E-state index in [1.807, 2.05) is 13.1 Å². The van der Waals surface area contributed by atoms with Crippen LogP contribution >= 0.6 is 11.8 Å². The molecule has 0 heterocycles. The van der Waals surface area contributed by atoms with Gasteiger partial charge in [-0.15, -0.1) is 0 Å². The zero-order valence-corrected chi connectivity index (χ0v) is 12.1. The summed E-state index contributed by atoms with van der Waals surface area (Å²) < 4.78 is 4.67. The number of nitrogens with two attached hydrogens (primary N) is 1. The molecule has 1 atom stereocenters. The Kier molecular flexibility index (Phi) is 5.34. The Morgan fingerprint density at radius 3 is 2.72 bits per heavy atom. The molecule has 0 fully saturated rings. The van der Waals surface area contributed by atoms with E-state index in [9.17, 15) is 4.79 Å². The van der Waals surface area contributed by atoms with Crippen molar-refractivity contribution >= 4 is 29.1 Å². The summed E-state index contributed by atoms with van der Waals surface area (Å²) >= 11 is 1.79. The van der Waals surface area contributed by atoms with Crippen molar-refractivity contribution in [2.75, 3.05) is 36.8 Å². The van der Waals surface area contributed by atoms with Gasteiger partial charge in [0.1, 0.15) is 0 Å². The van der Waals surface area contributed by atoms with Gasteiger partial charge in [0.25, 0.3) is 0 Å². The number of ether oxygens (including phenoxy) is 1. The summed E-state index contributed by atoms with van der Waals surface area (Å²) in [6, 6.07) is 5.63. The molecule has 1 rings (SSSR count). The quantitative estimate of drug-likeness (QED) is 0.655. The van der Waals surface area contributed by atoms with Crippen LogP contribution in [-0.2, 0) is 4.74 Å². The third-order valence-electron chi connectivity index (χ3n) is 2.90. The Labute approximate surface area is 112 Å². The molecule has 0 aromatic heterocycles. The van der Waals surface area contributed by atoms with Gasteiger partial charge in [0.15, 0.2) is 0 Å². The Morgan fingerprint density at radius 2 is 2.22 bits per heavy atom. The largest absolute Gasteiger partial charge is 0.465 e. The molecule has 0 spiro atoms. The van der Waals surface area contributed by atoms with E-state index in [1.54, 1.807) is 23.9 Å². The maximum atomic E-state index is 11.4. The van der Waals surface area contributed by atoms with Crippen molar-refractivity contribution in [3.8, 4) is 0 Å². The van der Waals surface area contributed by atoms with E-state index >= 15 is 0 Å². The Morgan fingerprint density at radius 1 is 1.56 bits per heavy atom. The van der Waals surface area contributed by atoms with Crippen LogP contribution in [0.2, 0.25) is 0 Å². The molecular weight excluding hydrogens is 248 g/mol. The highest BCUT2D eigenvalue weighted by molar-refractivity contribution is 7.98. The lowest BCUT2D eigenvalue weighted by atomic mass is 10.1. The lowest BCUT2D eigenvalue weighted by Crippen LogP contribution is -2.31. The first kappa shape index (κ1) is 14.7. The third-order valence-corrected chi connectivity index (χ3v) is 3.71. The number of hydrogen-bond donors (Lipinski definition) is 1. The van der Waals surface area contributed by atoms with Gasteiger partial charge in [-0.2, -0.15) is 11.8 Å². The second-order valence-electron chi connectivity index (χ2n) is 4.18. The number of hydrogen-bond acceptors (Lipinski definition) is 5. The van der Waals surface area contributed by atoms with Crippen LogP contribution in [0.3, 0.4) is 0 Å². The van der Waals surface area contributed by atoms with Crippen molar-refractivity contribution in [2.45, 2.75) is 13.0 Å². The van der Waals surface area contributed by atoms with E-state index < -0.39 is 0 Å². The third kappa shape index (κ3) is 3.32. The highest BCUT2D eigenvalue weighted by Gasteiger charge is 2.14. The van der Waals surface area contributed by atoms with E-state index in [2.05, 4.69) is 22.8 Å². The first-order chi connectivity index (χ1) is 8.51. The summed E-state index contributed by atoms with van der Waals surface area (Å²) in [6.07, 6.45) is 2.08. The van der Waals surface area contributed by atoms with E-state index in [4.69, 9.17) is 5.73 Å². The average molecular weight is 268 g/mol. The molecule has 18 heavy (non-hydrogen) atoms. The van der Waals surface area contributed by atoms with Crippen molar-refractivity contribution in [1.29, 1.82) is 0 Å². The number of methoxy groups -OCH3 is 1. The molecule has 4 nitrogen and oxygen atoms in total. The number of rotatable bonds is 5. The van der Waals surface area contributed by atoms with Crippen molar-refractivity contribution < 1.29 is 9.53 Å². The summed E-state index contributed by atoms with van der Waals surface area (Å²) in [7, 11) is 3.36. The number of carbonyl (C=O) groups excluding carboxylic acids is 1. The summed E-state index contributed by atoms with van der Waals surface area (Å²) in [4.78, 5) is 13.5. The molecule has 2 N–H and O–H groups in total. The van der Waals surface area contributed by atoms with Gasteiger partial charge >= 0.3 is 5.97 Å². The molecule has 0 aliphatic rings. The normalized spacial score (nSPS) is 12.0. The summed E-state index contributed by atoms with van der Waals surface area (Å²) in [6.45, 7) is 2.14. The maximum absolute atomic E-state index is 11.4. The zero-order chi connectivity index (χ0) is 13.7. The molecule has 5 heteroatoms. The van der Waals surface area contributed by atoms with Crippen LogP contribution in [0.4, 0.5) is 11.4 Å². The molecule has 0 aliphatic heterocycles. The minimum atomic E-state index is -0.368. The molecular formula is C13H20N2O2S. The van der Waals surface area contributed by atoms with Gasteiger partial charge in [-0.1, -0.05) is 0 Å². The Hall–Kier alpha value is -1.36. The van der Waals surface area contributed by atoms with Crippen molar-refractivity contribution in [1.82, 2.24) is 0 Å². The van der Waals surface area contributed by atoms with Crippen LogP contribution in [0.15, 0.2) is 18.2 Å². The molecule has 0 bridgehead atoms. The second-order valence-corrected chi connectivity index (χ2v) is 5.09. The zero-order valence-electron chi connectivity index (χ0n) is 11.3. The number of nitrogen functional groups attached to an aromatic ring is 1. The molecule has 0 radical (unpaired) electrons. The van der Waals surface area contributed by atoms with Crippen LogP contribution in [0.5, 0.6) is 0 Å². The fourth-order valence-corrected chi connectivity index (χ4v) is 2.42. The Bertz CT molecular complexity index is 423. The smallest absolute Gasteiger partial charge is 0.337 e. The fraction of sp³-hybridized carbons (Fsp3) is 0.462. The molecule has 1 aromatic carbocycles. The summed E-state index contributed by atoms with van der Waals surface area (Å²) in [5.41, 5.74) is 7.99. The molecule has 1 unspecified atom stereocenters. The van der Waals surface area contributed by atoms with Gasteiger partial charge < -0.3 is 15.4 Å². The SMILES string of the molecule is COC(=O)c1ccc(N(C)C(C)CSC)c(N)c1. The summed E-state index contributed by atoms with van der Waals surface area (Å²) in [5, 5.41) is 0. The lowest BCUT2D eigenvalue weighted by Gasteiger charge is -2.27. The highest BCUT2D eigenvalue weighted by atomic mass is 32.2. The molecule has 1 aromatic rings. The lowest BCUT2D eigenvalue weighted by molar-refractivity contribution is 0.0601. The van der Waals surface area contributed by atoms with Crippen LogP contribution in [0.1, 0.15) is 17.3 Å². The van der Waals surface area contributed by atoms with Crippen LogP contribution in [0, 0.1) is 0 Å². The standard InChI is InChI=1S/C13H20N2O2S/c1-9(8-18-4)15(2)12-6-5-10(7-11(12)14)13(16)17-3/h5-7,9H,8,14H2,1-4H3. The van der Waals surface area contributed by atoms with Gasteiger partial charge in [-0.25, -0.2) is 4.79 Å². The topological polar surface area (TPSA) is 55.6 Å². The molecule has 0 amide bonds. The minimum absolute atomic E-state index is 0.368. The fourth-order valence-electron chi connectivity index (χ4n) is 1.71. The van der Waals surface area contributed by atoms with Crippen molar-refractivity contribution in [3.05, 3.63) is 23.8 Å².